The van der Waals surface area contributed by atoms with Crippen molar-refractivity contribution in [1.82, 2.24) is 5.32 Å². The van der Waals surface area contributed by atoms with Crippen LogP contribution in [0.5, 0.6) is 0 Å². The number of thioether (sulfide) groups is 1. The Morgan fingerprint density at radius 1 is 1.11 bits per heavy atom. The molecule has 0 radical (unpaired) electrons. The summed E-state index contributed by atoms with van der Waals surface area (Å²) in [6.07, 6.45) is 2.41. The molecule has 1 heterocycles. The SMILES string of the molecule is CC(=C1CCNCC1)c1ccc(SC(C)C)cc1. The Morgan fingerprint density at radius 3 is 2.28 bits per heavy atom. The second-order valence-electron chi connectivity index (χ2n) is 5.17. The van der Waals surface area contributed by atoms with Crippen molar-refractivity contribution in [3.05, 3.63) is 35.4 Å². The van der Waals surface area contributed by atoms with E-state index < -0.39 is 0 Å². The Hall–Kier alpha value is -0.730. The third-order valence-electron chi connectivity index (χ3n) is 3.40. The maximum absolute atomic E-state index is 3.41. The number of benzene rings is 1. The average Bonchev–Trinajstić information content (AvgIpc) is 2.39. The van der Waals surface area contributed by atoms with E-state index in [1.807, 2.05) is 11.8 Å². The second-order valence-corrected chi connectivity index (χ2v) is 6.82. The zero-order valence-corrected chi connectivity index (χ0v) is 12.4. The van der Waals surface area contributed by atoms with Crippen LogP contribution in [0.1, 0.15) is 39.2 Å². The van der Waals surface area contributed by atoms with Crippen LogP contribution < -0.4 is 5.32 Å². The molecule has 0 unspecified atom stereocenters. The fraction of sp³-hybridized carbons (Fsp3) is 0.500. The Bertz CT molecular complexity index is 409. The molecule has 0 aliphatic carbocycles. The van der Waals surface area contributed by atoms with Gasteiger partial charge in [0.25, 0.3) is 0 Å². The smallest absolute Gasteiger partial charge is 0.00749 e. The van der Waals surface area contributed by atoms with E-state index in [-0.39, 0.29) is 0 Å². The molecule has 2 heteroatoms. The number of hydrogen-bond donors (Lipinski definition) is 1. The third kappa shape index (κ3) is 3.63. The van der Waals surface area contributed by atoms with Gasteiger partial charge in [0.15, 0.2) is 0 Å². The summed E-state index contributed by atoms with van der Waals surface area (Å²) >= 11 is 1.93. The van der Waals surface area contributed by atoms with Crippen molar-refractivity contribution in [2.45, 2.75) is 43.8 Å². The van der Waals surface area contributed by atoms with E-state index in [0.29, 0.717) is 5.25 Å². The normalized spacial score (nSPS) is 16.1. The highest BCUT2D eigenvalue weighted by molar-refractivity contribution is 7.99. The fourth-order valence-corrected chi connectivity index (χ4v) is 3.20. The van der Waals surface area contributed by atoms with E-state index in [0.717, 1.165) is 13.1 Å². The molecule has 1 aliphatic heterocycles. The first-order chi connectivity index (χ1) is 8.66. The van der Waals surface area contributed by atoms with Crippen molar-refractivity contribution < 1.29 is 0 Å². The lowest BCUT2D eigenvalue weighted by Gasteiger charge is -2.18. The first-order valence-corrected chi connectivity index (χ1v) is 7.71. The number of piperidine rings is 1. The molecule has 0 saturated carbocycles. The molecule has 0 atom stereocenters. The van der Waals surface area contributed by atoms with Crippen LogP contribution in [0.3, 0.4) is 0 Å². The topological polar surface area (TPSA) is 12.0 Å². The molecule has 1 aromatic carbocycles. The molecule has 98 valence electrons. The summed E-state index contributed by atoms with van der Waals surface area (Å²) in [5.74, 6) is 0. The van der Waals surface area contributed by atoms with Crippen molar-refractivity contribution >= 4 is 17.3 Å². The van der Waals surface area contributed by atoms with Gasteiger partial charge in [-0.15, -0.1) is 11.8 Å². The van der Waals surface area contributed by atoms with Crippen molar-refractivity contribution in [3.8, 4) is 0 Å². The molecular weight excluding hydrogens is 238 g/mol. The molecular formula is C16H23NS. The van der Waals surface area contributed by atoms with E-state index in [1.165, 1.54) is 28.9 Å². The largest absolute Gasteiger partial charge is 0.316 e. The van der Waals surface area contributed by atoms with Gasteiger partial charge in [0.1, 0.15) is 0 Å². The van der Waals surface area contributed by atoms with Crippen molar-refractivity contribution in [3.63, 3.8) is 0 Å². The number of nitrogens with one attached hydrogen (secondary N) is 1. The number of hydrogen-bond acceptors (Lipinski definition) is 2. The highest BCUT2D eigenvalue weighted by atomic mass is 32.2. The predicted octanol–water partition coefficient (Wildman–Crippen LogP) is 4.34. The summed E-state index contributed by atoms with van der Waals surface area (Å²) in [5.41, 5.74) is 4.50. The molecule has 1 nitrogen and oxygen atoms in total. The minimum Gasteiger partial charge on any atom is -0.316 e. The minimum atomic E-state index is 0.653. The summed E-state index contributed by atoms with van der Waals surface area (Å²) in [5, 5.41) is 4.07. The average molecular weight is 261 g/mol. The zero-order valence-electron chi connectivity index (χ0n) is 11.6. The molecule has 1 fully saturated rings. The van der Waals surface area contributed by atoms with Gasteiger partial charge in [-0.1, -0.05) is 31.6 Å². The van der Waals surface area contributed by atoms with Gasteiger partial charge in [0, 0.05) is 10.1 Å². The summed E-state index contributed by atoms with van der Waals surface area (Å²) in [7, 11) is 0. The standard InChI is InChI=1S/C16H23NS/c1-12(2)18-16-6-4-14(5-7-16)13(3)15-8-10-17-11-9-15/h4-7,12,17H,8-11H2,1-3H3. The van der Waals surface area contributed by atoms with Crippen molar-refractivity contribution in [1.29, 1.82) is 0 Å². The molecule has 1 aliphatic rings. The molecule has 0 aromatic heterocycles. The lowest BCUT2D eigenvalue weighted by Crippen LogP contribution is -2.23. The molecule has 2 rings (SSSR count). The Morgan fingerprint density at radius 2 is 1.72 bits per heavy atom. The molecule has 18 heavy (non-hydrogen) atoms. The maximum Gasteiger partial charge on any atom is 0.00749 e. The van der Waals surface area contributed by atoms with E-state index >= 15 is 0 Å². The summed E-state index contributed by atoms with van der Waals surface area (Å²) in [6, 6.07) is 9.06. The van der Waals surface area contributed by atoms with E-state index in [1.54, 1.807) is 5.57 Å². The Balaban J connectivity index is 2.13. The zero-order chi connectivity index (χ0) is 13.0. The second kappa shape index (κ2) is 6.44. The maximum atomic E-state index is 3.41. The van der Waals surface area contributed by atoms with E-state index in [9.17, 15) is 0 Å². The first-order valence-electron chi connectivity index (χ1n) is 6.83. The van der Waals surface area contributed by atoms with E-state index in [4.69, 9.17) is 0 Å². The third-order valence-corrected chi connectivity index (χ3v) is 4.41. The molecule has 1 saturated heterocycles. The van der Waals surface area contributed by atoms with Gasteiger partial charge in [0.2, 0.25) is 0 Å². The molecule has 1 aromatic rings. The Labute approximate surface area is 115 Å². The van der Waals surface area contributed by atoms with Crippen LogP contribution in [0, 0.1) is 0 Å². The van der Waals surface area contributed by atoms with Gasteiger partial charge in [-0.2, -0.15) is 0 Å². The highest BCUT2D eigenvalue weighted by Crippen LogP contribution is 2.27. The Kier molecular flexibility index (Phi) is 4.90. The molecule has 0 spiro atoms. The van der Waals surface area contributed by atoms with Gasteiger partial charge in [-0.25, -0.2) is 0 Å². The number of allylic oxidation sites excluding steroid dienone is 1. The molecule has 0 amide bonds. The lowest BCUT2D eigenvalue weighted by atomic mass is 9.95. The highest BCUT2D eigenvalue weighted by Gasteiger charge is 2.09. The molecule has 0 bridgehead atoms. The summed E-state index contributed by atoms with van der Waals surface area (Å²) in [6.45, 7) is 9.01. The van der Waals surface area contributed by atoms with Crippen LogP contribution in [-0.4, -0.2) is 18.3 Å². The lowest BCUT2D eigenvalue weighted by molar-refractivity contribution is 0.611. The van der Waals surface area contributed by atoms with Crippen molar-refractivity contribution in [2.75, 3.05) is 13.1 Å². The van der Waals surface area contributed by atoms with Crippen LogP contribution in [0.4, 0.5) is 0 Å². The quantitative estimate of drug-likeness (QED) is 0.812. The molecule has 1 N–H and O–H groups in total. The van der Waals surface area contributed by atoms with Crippen LogP contribution in [0.2, 0.25) is 0 Å². The van der Waals surface area contributed by atoms with Gasteiger partial charge in [0.05, 0.1) is 0 Å². The van der Waals surface area contributed by atoms with Gasteiger partial charge >= 0.3 is 0 Å². The van der Waals surface area contributed by atoms with Gasteiger partial charge in [-0.05, 0) is 56.1 Å². The van der Waals surface area contributed by atoms with Gasteiger partial charge < -0.3 is 5.32 Å². The van der Waals surface area contributed by atoms with Crippen molar-refractivity contribution in [2.24, 2.45) is 0 Å². The fourth-order valence-electron chi connectivity index (χ4n) is 2.36. The predicted molar refractivity (Wildman–Crippen MR) is 82.1 cm³/mol. The minimum absolute atomic E-state index is 0.653. The first kappa shape index (κ1) is 13.7. The van der Waals surface area contributed by atoms with Crippen LogP contribution in [0.15, 0.2) is 34.7 Å². The monoisotopic (exact) mass is 261 g/mol. The van der Waals surface area contributed by atoms with E-state index in [2.05, 4.69) is 50.4 Å². The van der Waals surface area contributed by atoms with Gasteiger partial charge in [-0.3, -0.25) is 0 Å². The summed E-state index contributed by atoms with van der Waals surface area (Å²) < 4.78 is 0. The van der Waals surface area contributed by atoms with Crippen LogP contribution in [0.25, 0.3) is 5.57 Å². The van der Waals surface area contributed by atoms with Crippen LogP contribution >= 0.6 is 11.8 Å². The summed E-state index contributed by atoms with van der Waals surface area (Å²) in [4.78, 5) is 1.37. The van der Waals surface area contributed by atoms with Crippen LogP contribution in [-0.2, 0) is 0 Å². The number of rotatable bonds is 3.